The minimum Gasteiger partial charge on any atom is -0.0956 e. The third kappa shape index (κ3) is 6.54. The van der Waals surface area contributed by atoms with Gasteiger partial charge >= 0.3 is 0 Å². The predicted molar refractivity (Wildman–Crippen MR) is 73.3 cm³/mol. The SMILES string of the molecule is C=C(CC)C1=C(C)CCCC1.CC.CC. The van der Waals surface area contributed by atoms with Crippen molar-refractivity contribution in [1.29, 1.82) is 0 Å². The predicted octanol–water partition coefficient (Wildman–Crippen LogP) is 5.90. The lowest BCUT2D eigenvalue weighted by molar-refractivity contribution is 0.673. The lowest BCUT2D eigenvalue weighted by Gasteiger charge is -2.18. The Morgan fingerprint density at radius 1 is 1.07 bits per heavy atom. The first kappa shape index (κ1) is 16.9. The van der Waals surface area contributed by atoms with Crippen LogP contribution in [0.15, 0.2) is 23.3 Å². The zero-order valence-electron chi connectivity index (χ0n) is 11.7. The maximum atomic E-state index is 4.09. The average molecular weight is 210 g/mol. The second-order valence-corrected chi connectivity index (χ2v) is 3.42. The lowest BCUT2D eigenvalue weighted by Crippen LogP contribution is -1.98. The van der Waals surface area contributed by atoms with Crippen LogP contribution >= 0.6 is 0 Å². The van der Waals surface area contributed by atoms with Crippen molar-refractivity contribution in [3.8, 4) is 0 Å². The summed E-state index contributed by atoms with van der Waals surface area (Å²) in [6.45, 7) is 16.5. The molecule has 0 unspecified atom stereocenters. The highest BCUT2D eigenvalue weighted by Crippen LogP contribution is 2.29. The van der Waals surface area contributed by atoms with Gasteiger partial charge in [-0.25, -0.2) is 0 Å². The van der Waals surface area contributed by atoms with Gasteiger partial charge in [-0.3, -0.25) is 0 Å². The molecule has 90 valence electrons. The van der Waals surface area contributed by atoms with E-state index in [-0.39, 0.29) is 0 Å². The van der Waals surface area contributed by atoms with Crippen molar-refractivity contribution in [2.45, 2.75) is 73.6 Å². The molecule has 0 aromatic heterocycles. The van der Waals surface area contributed by atoms with Gasteiger partial charge in [-0.1, -0.05) is 52.3 Å². The number of allylic oxidation sites excluding steroid dienone is 3. The summed E-state index contributed by atoms with van der Waals surface area (Å²) in [5.41, 5.74) is 4.52. The summed E-state index contributed by atoms with van der Waals surface area (Å²) in [5, 5.41) is 0. The minimum atomic E-state index is 1.12. The van der Waals surface area contributed by atoms with E-state index in [4.69, 9.17) is 0 Å². The maximum Gasteiger partial charge on any atom is -0.0277 e. The Kier molecular flexibility index (Phi) is 13.0. The van der Waals surface area contributed by atoms with Gasteiger partial charge in [-0.05, 0) is 44.6 Å². The first-order valence-electron chi connectivity index (χ1n) is 6.62. The van der Waals surface area contributed by atoms with Crippen LogP contribution < -0.4 is 0 Å². The molecule has 0 heteroatoms. The van der Waals surface area contributed by atoms with Crippen molar-refractivity contribution in [3.63, 3.8) is 0 Å². The molecule has 0 saturated heterocycles. The van der Waals surface area contributed by atoms with Crippen molar-refractivity contribution in [2.75, 3.05) is 0 Å². The first-order valence-corrected chi connectivity index (χ1v) is 6.62. The highest BCUT2D eigenvalue weighted by molar-refractivity contribution is 5.33. The van der Waals surface area contributed by atoms with Crippen LogP contribution in [0.2, 0.25) is 0 Å². The molecule has 1 aliphatic carbocycles. The van der Waals surface area contributed by atoms with E-state index >= 15 is 0 Å². The van der Waals surface area contributed by atoms with Gasteiger partial charge in [0.2, 0.25) is 0 Å². The summed E-state index contributed by atoms with van der Waals surface area (Å²) in [6, 6.07) is 0. The van der Waals surface area contributed by atoms with E-state index in [0.717, 1.165) is 6.42 Å². The Bertz CT molecular complexity index is 184. The average Bonchev–Trinajstić information content (AvgIpc) is 2.34. The normalized spacial score (nSPS) is 14.5. The molecular formula is C15H30. The van der Waals surface area contributed by atoms with Crippen molar-refractivity contribution in [3.05, 3.63) is 23.3 Å². The highest BCUT2D eigenvalue weighted by Gasteiger charge is 2.09. The molecule has 1 rings (SSSR count). The zero-order chi connectivity index (χ0) is 12.3. The van der Waals surface area contributed by atoms with Gasteiger partial charge in [0.25, 0.3) is 0 Å². The van der Waals surface area contributed by atoms with Crippen LogP contribution in [0.5, 0.6) is 0 Å². The summed E-state index contributed by atoms with van der Waals surface area (Å²) in [4.78, 5) is 0. The first-order chi connectivity index (χ1) is 7.25. The Morgan fingerprint density at radius 3 is 1.93 bits per heavy atom. The van der Waals surface area contributed by atoms with Crippen molar-refractivity contribution < 1.29 is 0 Å². The molecule has 0 aromatic rings. The molecule has 15 heavy (non-hydrogen) atoms. The van der Waals surface area contributed by atoms with Gasteiger partial charge in [-0.2, -0.15) is 0 Å². The molecule has 0 atom stereocenters. The van der Waals surface area contributed by atoms with E-state index in [9.17, 15) is 0 Å². The summed E-state index contributed by atoms with van der Waals surface area (Å²) >= 11 is 0. The number of hydrogen-bond acceptors (Lipinski definition) is 0. The number of rotatable bonds is 2. The Hall–Kier alpha value is -0.520. The van der Waals surface area contributed by atoms with Gasteiger partial charge < -0.3 is 0 Å². The van der Waals surface area contributed by atoms with Gasteiger partial charge in [-0.15, -0.1) is 0 Å². The van der Waals surface area contributed by atoms with Gasteiger partial charge in [0.15, 0.2) is 0 Å². The fourth-order valence-electron chi connectivity index (χ4n) is 1.75. The van der Waals surface area contributed by atoms with E-state index in [1.807, 2.05) is 27.7 Å². The highest BCUT2D eigenvalue weighted by atomic mass is 14.2. The van der Waals surface area contributed by atoms with E-state index in [1.54, 1.807) is 11.1 Å². The summed E-state index contributed by atoms with van der Waals surface area (Å²) in [5.74, 6) is 0. The lowest BCUT2D eigenvalue weighted by atomic mass is 9.88. The molecular weight excluding hydrogens is 180 g/mol. The second kappa shape index (κ2) is 11.6. The third-order valence-electron chi connectivity index (χ3n) is 2.60. The summed E-state index contributed by atoms with van der Waals surface area (Å²) < 4.78 is 0. The summed E-state index contributed by atoms with van der Waals surface area (Å²) in [6.07, 6.45) is 6.44. The quantitative estimate of drug-likeness (QED) is 0.532. The van der Waals surface area contributed by atoms with Crippen molar-refractivity contribution in [1.82, 2.24) is 0 Å². The molecule has 1 aliphatic rings. The Labute approximate surface area is 97.5 Å². The third-order valence-corrected chi connectivity index (χ3v) is 2.60. The maximum absolute atomic E-state index is 4.09. The van der Waals surface area contributed by atoms with Crippen molar-refractivity contribution in [2.24, 2.45) is 0 Å². The van der Waals surface area contributed by atoms with Gasteiger partial charge in [0.05, 0.1) is 0 Å². The van der Waals surface area contributed by atoms with Gasteiger partial charge in [0.1, 0.15) is 0 Å². The zero-order valence-corrected chi connectivity index (χ0v) is 11.7. The second-order valence-electron chi connectivity index (χ2n) is 3.42. The monoisotopic (exact) mass is 210 g/mol. The minimum absolute atomic E-state index is 1.12. The molecule has 0 aromatic carbocycles. The number of hydrogen-bond donors (Lipinski definition) is 0. The van der Waals surface area contributed by atoms with Crippen LogP contribution in [0.1, 0.15) is 73.6 Å². The van der Waals surface area contributed by atoms with E-state index in [1.165, 1.54) is 31.3 Å². The van der Waals surface area contributed by atoms with Crippen LogP contribution in [0.3, 0.4) is 0 Å². The van der Waals surface area contributed by atoms with Crippen molar-refractivity contribution >= 4 is 0 Å². The van der Waals surface area contributed by atoms with Crippen LogP contribution in [-0.4, -0.2) is 0 Å². The largest absolute Gasteiger partial charge is 0.0956 e. The van der Waals surface area contributed by atoms with Crippen LogP contribution in [0.25, 0.3) is 0 Å². The molecule has 0 spiro atoms. The van der Waals surface area contributed by atoms with E-state index in [2.05, 4.69) is 20.4 Å². The van der Waals surface area contributed by atoms with E-state index < -0.39 is 0 Å². The molecule has 0 aliphatic heterocycles. The standard InChI is InChI=1S/C11H18.2C2H6/c1-4-9(2)11-8-6-5-7-10(11)3;2*1-2/h2,4-8H2,1,3H3;2*1-2H3. The van der Waals surface area contributed by atoms with Crippen LogP contribution in [-0.2, 0) is 0 Å². The molecule has 0 radical (unpaired) electrons. The molecule has 0 bridgehead atoms. The molecule has 0 N–H and O–H groups in total. The summed E-state index contributed by atoms with van der Waals surface area (Å²) in [7, 11) is 0. The van der Waals surface area contributed by atoms with Gasteiger partial charge in [0, 0.05) is 0 Å². The Morgan fingerprint density at radius 2 is 1.53 bits per heavy atom. The van der Waals surface area contributed by atoms with E-state index in [0.29, 0.717) is 0 Å². The fourth-order valence-corrected chi connectivity index (χ4v) is 1.75. The molecule has 0 saturated carbocycles. The van der Waals surface area contributed by atoms with Crippen LogP contribution in [0.4, 0.5) is 0 Å². The topological polar surface area (TPSA) is 0 Å². The molecule has 0 nitrogen and oxygen atoms in total. The van der Waals surface area contributed by atoms with Crippen LogP contribution in [0, 0.1) is 0 Å². The smallest absolute Gasteiger partial charge is 0.0277 e. The molecule has 0 fully saturated rings. The molecule has 0 heterocycles. The Balaban J connectivity index is 0. The molecule has 0 amide bonds. The fraction of sp³-hybridized carbons (Fsp3) is 0.733.